The highest BCUT2D eigenvalue weighted by molar-refractivity contribution is 8.01. The van der Waals surface area contributed by atoms with Gasteiger partial charge in [0.2, 0.25) is 5.91 Å². The minimum absolute atomic E-state index is 0.0105. The number of thioether (sulfide) groups is 1. The molecular weight excluding hydrogens is 294 g/mol. The van der Waals surface area contributed by atoms with Crippen LogP contribution >= 0.6 is 23.1 Å². The molecule has 5 nitrogen and oxygen atoms in total. The molecule has 0 bridgehead atoms. The molecule has 0 aliphatic rings. The van der Waals surface area contributed by atoms with Crippen molar-refractivity contribution in [3.63, 3.8) is 0 Å². The topological polar surface area (TPSA) is 72.0 Å². The molecule has 0 fully saturated rings. The van der Waals surface area contributed by atoms with Crippen LogP contribution in [-0.2, 0) is 4.79 Å². The van der Waals surface area contributed by atoms with Gasteiger partial charge in [0.05, 0.1) is 0 Å². The number of carbonyl (C=O) groups excluding carboxylic acids is 2. The van der Waals surface area contributed by atoms with E-state index in [2.05, 4.69) is 15.5 Å². The average molecular weight is 307 g/mol. The second kappa shape index (κ2) is 7.16. The van der Waals surface area contributed by atoms with Gasteiger partial charge in [-0.05, 0) is 31.2 Å². The van der Waals surface area contributed by atoms with E-state index < -0.39 is 0 Å². The Kier molecular flexibility index (Phi) is 5.25. The number of hydrogen-bond donors (Lipinski definition) is 1. The highest BCUT2D eigenvalue weighted by Gasteiger charge is 2.05. The lowest BCUT2D eigenvalue weighted by atomic mass is 10.1. The molecule has 0 radical (unpaired) electrons. The van der Waals surface area contributed by atoms with Crippen LogP contribution in [-0.4, -0.2) is 27.6 Å². The van der Waals surface area contributed by atoms with Crippen molar-refractivity contribution in [2.24, 2.45) is 0 Å². The second-order valence-electron chi connectivity index (χ2n) is 3.98. The minimum Gasteiger partial charge on any atom is -0.326 e. The Balaban J connectivity index is 1.77. The van der Waals surface area contributed by atoms with Gasteiger partial charge in [-0.15, -0.1) is 10.2 Å². The van der Waals surface area contributed by atoms with Crippen LogP contribution < -0.4 is 5.32 Å². The van der Waals surface area contributed by atoms with E-state index in [4.69, 9.17) is 0 Å². The number of anilines is 1. The van der Waals surface area contributed by atoms with Gasteiger partial charge in [-0.1, -0.05) is 23.1 Å². The third-order valence-corrected chi connectivity index (χ3v) is 4.33. The molecule has 0 atom stereocenters. The van der Waals surface area contributed by atoms with Crippen LogP contribution in [0.5, 0.6) is 0 Å². The highest BCUT2D eigenvalue weighted by atomic mass is 32.2. The Bertz CT molecular complexity index is 582. The number of carbonyl (C=O) groups is 2. The molecule has 20 heavy (non-hydrogen) atoms. The third-order valence-electron chi connectivity index (χ3n) is 2.47. The minimum atomic E-state index is -0.0578. The molecule has 1 aromatic carbocycles. The molecule has 0 aliphatic heterocycles. The number of benzene rings is 1. The first-order valence-electron chi connectivity index (χ1n) is 5.95. The van der Waals surface area contributed by atoms with Gasteiger partial charge in [0.25, 0.3) is 0 Å². The molecule has 1 N–H and O–H groups in total. The first-order chi connectivity index (χ1) is 9.65. The summed E-state index contributed by atoms with van der Waals surface area (Å²) in [6, 6.07) is 6.86. The van der Waals surface area contributed by atoms with E-state index in [1.165, 1.54) is 30.0 Å². The summed E-state index contributed by atoms with van der Waals surface area (Å²) in [5.74, 6) is 0.612. The lowest BCUT2D eigenvalue weighted by Gasteiger charge is -2.05. The predicted molar refractivity (Wildman–Crippen MR) is 80.3 cm³/mol. The Labute approximate surface area is 124 Å². The molecule has 0 spiro atoms. The smallest absolute Gasteiger partial charge is 0.225 e. The Morgan fingerprint density at radius 2 is 2.05 bits per heavy atom. The summed E-state index contributed by atoms with van der Waals surface area (Å²) >= 11 is 2.97. The van der Waals surface area contributed by atoms with Crippen molar-refractivity contribution in [2.45, 2.75) is 17.7 Å². The van der Waals surface area contributed by atoms with Crippen molar-refractivity contribution in [1.29, 1.82) is 0 Å². The summed E-state index contributed by atoms with van der Waals surface area (Å²) in [5.41, 5.74) is 3.00. The largest absolute Gasteiger partial charge is 0.326 e. The summed E-state index contributed by atoms with van der Waals surface area (Å²) in [4.78, 5) is 22.9. The van der Waals surface area contributed by atoms with Crippen molar-refractivity contribution < 1.29 is 9.59 Å². The van der Waals surface area contributed by atoms with Crippen molar-refractivity contribution >= 4 is 40.5 Å². The number of rotatable bonds is 6. The van der Waals surface area contributed by atoms with Crippen LogP contribution in [0.15, 0.2) is 34.1 Å². The summed E-state index contributed by atoms with van der Waals surface area (Å²) in [6.07, 6.45) is 0.401. The zero-order valence-corrected chi connectivity index (χ0v) is 12.5. The fourth-order valence-corrected chi connectivity index (χ4v) is 2.97. The number of nitrogens with zero attached hydrogens (tertiary/aromatic N) is 2. The van der Waals surface area contributed by atoms with Crippen LogP contribution in [0.2, 0.25) is 0 Å². The number of nitrogens with one attached hydrogen (secondary N) is 1. The quantitative estimate of drug-likeness (QED) is 0.656. The molecule has 1 amide bonds. The Morgan fingerprint density at radius 1 is 1.30 bits per heavy atom. The van der Waals surface area contributed by atoms with Gasteiger partial charge in [-0.25, -0.2) is 0 Å². The maximum Gasteiger partial charge on any atom is 0.225 e. The standard InChI is InChI=1S/C13H13N3O2S2/c1-9(17)10-2-4-11(5-3-10)15-12(18)6-7-19-13-16-14-8-20-13/h2-5,8H,6-7H2,1H3,(H,15,18). The maximum absolute atomic E-state index is 11.7. The predicted octanol–water partition coefficient (Wildman–Crippen LogP) is 2.86. The second-order valence-corrected chi connectivity index (χ2v) is 6.16. The monoisotopic (exact) mass is 307 g/mol. The van der Waals surface area contributed by atoms with Gasteiger partial charge in [0.1, 0.15) is 5.51 Å². The molecule has 104 valence electrons. The molecule has 0 aliphatic carbocycles. The number of Topliss-reactive ketones (excluding diaryl/α,β-unsaturated/α-hetero) is 1. The summed E-state index contributed by atoms with van der Waals surface area (Å²) in [7, 11) is 0. The molecule has 1 heterocycles. The molecule has 7 heteroatoms. The molecule has 0 unspecified atom stereocenters. The summed E-state index contributed by atoms with van der Waals surface area (Å²) < 4.78 is 0.864. The zero-order valence-electron chi connectivity index (χ0n) is 10.8. The summed E-state index contributed by atoms with van der Waals surface area (Å²) in [6.45, 7) is 1.51. The van der Waals surface area contributed by atoms with E-state index in [1.807, 2.05) is 0 Å². The first-order valence-corrected chi connectivity index (χ1v) is 7.81. The normalized spacial score (nSPS) is 10.2. The summed E-state index contributed by atoms with van der Waals surface area (Å²) in [5, 5.41) is 10.4. The van der Waals surface area contributed by atoms with Crippen LogP contribution in [0.25, 0.3) is 0 Å². The fraction of sp³-hybridized carbons (Fsp3) is 0.231. The number of amides is 1. The lowest BCUT2D eigenvalue weighted by molar-refractivity contribution is -0.115. The molecule has 2 aromatic rings. The van der Waals surface area contributed by atoms with Gasteiger partial charge >= 0.3 is 0 Å². The molecular formula is C13H13N3O2S2. The third kappa shape index (κ3) is 4.43. The number of aromatic nitrogens is 2. The highest BCUT2D eigenvalue weighted by Crippen LogP contribution is 2.19. The SMILES string of the molecule is CC(=O)c1ccc(NC(=O)CCSc2nncs2)cc1. The van der Waals surface area contributed by atoms with Gasteiger partial charge < -0.3 is 5.32 Å². The van der Waals surface area contributed by atoms with E-state index in [0.29, 0.717) is 23.4 Å². The van der Waals surface area contributed by atoms with Crippen molar-refractivity contribution in [2.75, 3.05) is 11.1 Å². The van der Waals surface area contributed by atoms with Crippen LogP contribution in [0.1, 0.15) is 23.7 Å². The van der Waals surface area contributed by atoms with Crippen LogP contribution in [0.3, 0.4) is 0 Å². The van der Waals surface area contributed by atoms with Crippen LogP contribution in [0, 0.1) is 0 Å². The van der Waals surface area contributed by atoms with Gasteiger partial charge in [-0.3, -0.25) is 9.59 Å². The van der Waals surface area contributed by atoms with Gasteiger partial charge in [0.15, 0.2) is 10.1 Å². The van der Waals surface area contributed by atoms with Gasteiger partial charge in [-0.2, -0.15) is 0 Å². The first kappa shape index (κ1) is 14.7. The van der Waals surface area contributed by atoms with Gasteiger partial charge in [0, 0.05) is 23.4 Å². The van der Waals surface area contributed by atoms with E-state index in [1.54, 1.807) is 29.8 Å². The van der Waals surface area contributed by atoms with Crippen molar-refractivity contribution in [3.05, 3.63) is 35.3 Å². The molecule has 0 saturated heterocycles. The maximum atomic E-state index is 11.7. The fourth-order valence-electron chi connectivity index (χ4n) is 1.47. The zero-order chi connectivity index (χ0) is 14.4. The lowest BCUT2D eigenvalue weighted by Crippen LogP contribution is -2.12. The number of ketones is 1. The Hall–Kier alpha value is -1.73. The molecule has 0 saturated carbocycles. The van der Waals surface area contributed by atoms with Crippen LogP contribution in [0.4, 0.5) is 5.69 Å². The molecule has 1 aromatic heterocycles. The number of hydrogen-bond acceptors (Lipinski definition) is 6. The average Bonchev–Trinajstić information content (AvgIpc) is 2.92. The Morgan fingerprint density at radius 3 is 2.65 bits per heavy atom. The van der Waals surface area contributed by atoms with E-state index >= 15 is 0 Å². The van der Waals surface area contributed by atoms with E-state index in [9.17, 15) is 9.59 Å². The molecule has 2 rings (SSSR count). The van der Waals surface area contributed by atoms with E-state index in [0.717, 1.165) is 4.34 Å². The van der Waals surface area contributed by atoms with E-state index in [-0.39, 0.29) is 11.7 Å². The van der Waals surface area contributed by atoms with Crippen molar-refractivity contribution in [1.82, 2.24) is 10.2 Å². The van der Waals surface area contributed by atoms with Crippen molar-refractivity contribution in [3.8, 4) is 0 Å².